The van der Waals surface area contributed by atoms with Crippen LogP contribution in [-0.2, 0) is 0 Å². The van der Waals surface area contributed by atoms with Gasteiger partial charge in [0.15, 0.2) is 0 Å². The van der Waals surface area contributed by atoms with Gasteiger partial charge in [-0.1, -0.05) is 13.3 Å². The van der Waals surface area contributed by atoms with E-state index in [0.29, 0.717) is 17.2 Å². The van der Waals surface area contributed by atoms with Gasteiger partial charge >= 0.3 is 0 Å². The minimum Gasteiger partial charge on any atom is -0.308 e. The highest BCUT2D eigenvalue weighted by Gasteiger charge is 2.15. The first-order valence-electron chi connectivity index (χ1n) is 6.17. The Morgan fingerprint density at radius 2 is 1.82 bits per heavy atom. The molecule has 1 aromatic rings. The summed E-state index contributed by atoms with van der Waals surface area (Å²) in [7, 11) is 0. The van der Waals surface area contributed by atoms with Gasteiger partial charge in [0.05, 0.1) is 0 Å². The van der Waals surface area contributed by atoms with E-state index in [1.165, 1.54) is 12.1 Å². The van der Waals surface area contributed by atoms with Crippen molar-refractivity contribution in [1.82, 2.24) is 5.32 Å². The molecule has 0 aromatic heterocycles. The molecule has 0 aliphatic carbocycles. The van der Waals surface area contributed by atoms with E-state index in [4.69, 9.17) is 0 Å². The SMILES string of the molecule is CCCC(C)NC(C)c1cc(F)c(C)cc1F. The van der Waals surface area contributed by atoms with Gasteiger partial charge in [0.1, 0.15) is 11.6 Å². The number of hydrogen-bond donors (Lipinski definition) is 1. The second-order valence-corrected chi connectivity index (χ2v) is 4.70. The molecule has 0 aliphatic heterocycles. The molecule has 0 saturated carbocycles. The zero-order valence-electron chi connectivity index (χ0n) is 11.0. The Bertz CT molecular complexity index is 377. The minimum atomic E-state index is -0.349. The van der Waals surface area contributed by atoms with Crippen molar-refractivity contribution in [1.29, 1.82) is 0 Å². The van der Waals surface area contributed by atoms with Gasteiger partial charge in [0, 0.05) is 17.6 Å². The fourth-order valence-corrected chi connectivity index (χ4v) is 2.03. The molecular weight excluding hydrogens is 220 g/mol. The van der Waals surface area contributed by atoms with Crippen molar-refractivity contribution in [3.05, 3.63) is 34.9 Å². The van der Waals surface area contributed by atoms with Crippen molar-refractivity contribution in [2.45, 2.75) is 52.6 Å². The molecule has 0 radical (unpaired) electrons. The molecule has 0 fully saturated rings. The van der Waals surface area contributed by atoms with Crippen LogP contribution < -0.4 is 5.32 Å². The minimum absolute atomic E-state index is 0.174. The molecular formula is C14H21F2N. The summed E-state index contributed by atoms with van der Waals surface area (Å²) in [5.74, 6) is -0.689. The molecule has 2 unspecified atom stereocenters. The van der Waals surface area contributed by atoms with Crippen LogP contribution in [0.5, 0.6) is 0 Å². The summed E-state index contributed by atoms with van der Waals surface area (Å²) < 4.78 is 27.1. The number of nitrogens with one attached hydrogen (secondary N) is 1. The fourth-order valence-electron chi connectivity index (χ4n) is 2.03. The molecule has 0 heterocycles. The van der Waals surface area contributed by atoms with Gasteiger partial charge in [0.25, 0.3) is 0 Å². The van der Waals surface area contributed by atoms with Crippen molar-refractivity contribution < 1.29 is 8.78 Å². The summed E-state index contributed by atoms with van der Waals surface area (Å²) in [4.78, 5) is 0. The van der Waals surface area contributed by atoms with Crippen molar-refractivity contribution in [3.8, 4) is 0 Å². The number of halogens is 2. The third-order valence-electron chi connectivity index (χ3n) is 3.00. The normalized spacial score (nSPS) is 14.7. The van der Waals surface area contributed by atoms with E-state index >= 15 is 0 Å². The van der Waals surface area contributed by atoms with Crippen molar-refractivity contribution in [2.24, 2.45) is 0 Å². The lowest BCUT2D eigenvalue weighted by atomic mass is 10.0. The predicted molar refractivity (Wildman–Crippen MR) is 67.0 cm³/mol. The molecule has 2 atom stereocenters. The van der Waals surface area contributed by atoms with Gasteiger partial charge in [-0.3, -0.25) is 0 Å². The molecule has 0 aliphatic rings. The molecule has 0 saturated heterocycles. The summed E-state index contributed by atoms with van der Waals surface area (Å²) in [6, 6.07) is 2.68. The second kappa shape index (κ2) is 6.10. The third kappa shape index (κ3) is 3.77. The van der Waals surface area contributed by atoms with Crippen LogP contribution in [0.3, 0.4) is 0 Å². The van der Waals surface area contributed by atoms with Crippen molar-refractivity contribution in [2.75, 3.05) is 0 Å². The lowest BCUT2D eigenvalue weighted by Crippen LogP contribution is -2.29. The zero-order chi connectivity index (χ0) is 13.0. The first-order valence-corrected chi connectivity index (χ1v) is 6.17. The Morgan fingerprint density at radius 1 is 1.18 bits per heavy atom. The summed E-state index contributed by atoms with van der Waals surface area (Å²) in [6.07, 6.45) is 2.10. The van der Waals surface area contributed by atoms with E-state index in [1.807, 2.05) is 6.92 Å². The average molecular weight is 241 g/mol. The van der Waals surface area contributed by atoms with Crippen LogP contribution in [0.25, 0.3) is 0 Å². The van der Waals surface area contributed by atoms with E-state index in [2.05, 4.69) is 19.2 Å². The maximum atomic E-state index is 13.7. The summed E-state index contributed by atoms with van der Waals surface area (Å²) in [6.45, 7) is 7.59. The van der Waals surface area contributed by atoms with Crippen LogP contribution in [0.2, 0.25) is 0 Å². The maximum Gasteiger partial charge on any atom is 0.128 e. The van der Waals surface area contributed by atoms with Gasteiger partial charge in [-0.2, -0.15) is 0 Å². The molecule has 0 spiro atoms. The molecule has 0 bridgehead atoms. The van der Waals surface area contributed by atoms with Gasteiger partial charge in [-0.05, 0) is 44.9 Å². The number of rotatable bonds is 5. The van der Waals surface area contributed by atoms with Crippen LogP contribution in [0.15, 0.2) is 12.1 Å². The molecule has 1 nitrogen and oxygen atoms in total. The Kier molecular flexibility index (Phi) is 5.06. The van der Waals surface area contributed by atoms with Crippen LogP contribution in [0.4, 0.5) is 8.78 Å². The van der Waals surface area contributed by atoms with Crippen LogP contribution in [0, 0.1) is 18.6 Å². The highest BCUT2D eigenvalue weighted by molar-refractivity contribution is 5.27. The van der Waals surface area contributed by atoms with Gasteiger partial charge < -0.3 is 5.32 Å². The molecule has 1 N–H and O–H groups in total. The van der Waals surface area contributed by atoms with Crippen LogP contribution >= 0.6 is 0 Å². The second-order valence-electron chi connectivity index (χ2n) is 4.70. The molecule has 3 heteroatoms. The first kappa shape index (κ1) is 14.1. The molecule has 96 valence electrons. The van der Waals surface area contributed by atoms with E-state index in [0.717, 1.165) is 12.8 Å². The van der Waals surface area contributed by atoms with Crippen LogP contribution in [0.1, 0.15) is 50.8 Å². The summed E-state index contributed by atoms with van der Waals surface area (Å²) >= 11 is 0. The predicted octanol–water partition coefficient (Wildman–Crippen LogP) is 4.11. The number of aryl methyl sites for hydroxylation is 1. The van der Waals surface area contributed by atoms with E-state index in [9.17, 15) is 8.78 Å². The number of benzene rings is 1. The maximum absolute atomic E-state index is 13.7. The monoisotopic (exact) mass is 241 g/mol. The molecule has 0 amide bonds. The standard InChI is InChI=1S/C14H21F2N/c1-5-6-10(3)17-11(4)12-8-13(15)9(2)7-14(12)16/h7-8,10-11,17H,5-6H2,1-4H3. The van der Waals surface area contributed by atoms with E-state index in [1.54, 1.807) is 6.92 Å². The van der Waals surface area contributed by atoms with Gasteiger partial charge in [0.2, 0.25) is 0 Å². The van der Waals surface area contributed by atoms with E-state index < -0.39 is 0 Å². The van der Waals surface area contributed by atoms with Crippen LogP contribution in [-0.4, -0.2) is 6.04 Å². The summed E-state index contributed by atoms with van der Waals surface area (Å²) in [5.41, 5.74) is 0.746. The average Bonchev–Trinajstić information content (AvgIpc) is 2.23. The third-order valence-corrected chi connectivity index (χ3v) is 3.00. The lowest BCUT2D eigenvalue weighted by molar-refractivity contribution is 0.437. The Morgan fingerprint density at radius 3 is 2.41 bits per heavy atom. The van der Waals surface area contributed by atoms with E-state index in [-0.39, 0.29) is 17.7 Å². The topological polar surface area (TPSA) is 12.0 Å². The molecule has 1 aromatic carbocycles. The van der Waals surface area contributed by atoms with Crippen molar-refractivity contribution >= 4 is 0 Å². The smallest absolute Gasteiger partial charge is 0.128 e. The number of hydrogen-bond acceptors (Lipinski definition) is 1. The Hall–Kier alpha value is -0.960. The highest BCUT2D eigenvalue weighted by atomic mass is 19.1. The Balaban J connectivity index is 2.81. The lowest BCUT2D eigenvalue weighted by Gasteiger charge is -2.20. The van der Waals surface area contributed by atoms with Gasteiger partial charge in [-0.25, -0.2) is 8.78 Å². The highest BCUT2D eigenvalue weighted by Crippen LogP contribution is 2.21. The van der Waals surface area contributed by atoms with Gasteiger partial charge in [-0.15, -0.1) is 0 Å². The fraction of sp³-hybridized carbons (Fsp3) is 0.571. The molecule has 17 heavy (non-hydrogen) atoms. The summed E-state index contributed by atoms with van der Waals surface area (Å²) in [5, 5.41) is 3.28. The van der Waals surface area contributed by atoms with Crippen molar-refractivity contribution in [3.63, 3.8) is 0 Å². The molecule has 1 rings (SSSR count). The Labute approximate surface area is 102 Å². The quantitative estimate of drug-likeness (QED) is 0.818. The largest absolute Gasteiger partial charge is 0.308 e. The zero-order valence-corrected chi connectivity index (χ0v) is 11.0. The first-order chi connectivity index (χ1) is 7.95.